The molecule has 2 aliphatic heterocycles. The molecule has 202 valence electrons. The Bertz CT molecular complexity index is 1190. The lowest BCUT2D eigenvalue weighted by Gasteiger charge is -2.32. The summed E-state index contributed by atoms with van der Waals surface area (Å²) in [6.07, 6.45) is 6.50. The van der Waals surface area contributed by atoms with Crippen molar-refractivity contribution in [1.82, 2.24) is 24.8 Å². The summed E-state index contributed by atoms with van der Waals surface area (Å²) >= 11 is 12.6. The first-order valence-electron chi connectivity index (χ1n) is 13.2. The van der Waals surface area contributed by atoms with Crippen LogP contribution in [0.1, 0.15) is 24.8 Å². The summed E-state index contributed by atoms with van der Waals surface area (Å²) in [6.45, 7) is 6.91. The highest BCUT2D eigenvalue weighted by Gasteiger charge is 2.20. The molecule has 5 rings (SSSR count). The number of pyridine rings is 1. The number of halogens is 2. The van der Waals surface area contributed by atoms with Crippen LogP contribution in [0, 0.1) is 5.92 Å². The maximum atomic E-state index is 9.27. The van der Waals surface area contributed by atoms with Crippen molar-refractivity contribution in [2.45, 2.75) is 25.8 Å². The SMILES string of the molecule is CN1CCN(c2cnc(Oc3cc(CN4CCC(CCO)CC4)cc(-c4cc(Cl)cc(Cl)c4)n3)cn2)CC1. The summed E-state index contributed by atoms with van der Waals surface area (Å²) in [5.74, 6) is 2.30. The number of nitrogens with zero attached hydrogens (tertiary/aromatic N) is 6. The van der Waals surface area contributed by atoms with Crippen LogP contribution < -0.4 is 9.64 Å². The van der Waals surface area contributed by atoms with Crippen LogP contribution in [0.4, 0.5) is 5.82 Å². The minimum absolute atomic E-state index is 0.264. The van der Waals surface area contributed by atoms with Crippen LogP contribution in [0.3, 0.4) is 0 Å². The molecule has 0 atom stereocenters. The van der Waals surface area contributed by atoms with Gasteiger partial charge in [0.15, 0.2) is 0 Å². The molecule has 2 saturated heterocycles. The lowest BCUT2D eigenvalue weighted by molar-refractivity contribution is 0.153. The summed E-state index contributed by atoms with van der Waals surface area (Å²) in [4.78, 5) is 20.9. The number of hydrogen-bond donors (Lipinski definition) is 1. The van der Waals surface area contributed by atoms with Gasteiger partial charge in [0.25, 0.3) is 0 Å². The van der Waals surface area contributed by atoms with Crippen LogP contribution in [0.15, 0.2) is 42.7 Å². The molecule has 8 nitrogen and oxygen atoms in total. The van der Waals surface area contributed by atoms with Crippen molar-refractivity contribution in [3.8, 4) is 23.0 Å². The van der Waals surface area contributed by atoms with Gasteiger partial charge in [0.2, 0.25) is 11.8 Å². The number of piperazine rings is 1. The fraction of sp³-hybridized carbons (Fsp3) is 0.464. The molecule has 10 heteroatoms. The summed E-state index contributed by atoms with van der Waals surface area (Å²) in [5.41, 5.74) is 2.65. The van der Waals surface area contributed by atoms with E-state index in [1.807, 2.05) is 18.2 Å². The summed E-state index contributed by atoms with van der Waals surface area (Å²) in [5, 5.41) is 10.4. The second kappa shape index (κ2) is 12.6. The van der Waals surface area contributed by atoms with Gasteiger partial charge in [-0.2, -0.15) is 0 Å². The van der Waals surface area contributed by atoms with E-state index in [0.29, 0.717) is 27.7 Å². The molecule has 3 aromatic rings. The number of benzene rings is 1. The Morgan fingerprint density at radius 3 is 2.29 bits per heavy atom. The average molecular weight is 558 g/mol. The summed E-state index contributed by atoms with van der Waals surface area (Å²) < 4.78 is 6.12. The molecule has 0 saturated carbocycles. The molecule has 2 fully saturated rings. The Morgan fingerprint density at radius 2 is 1.63 bits per heavy atom. The number of likely N-dealkylation sites (tertiary alicyclic amines) is 1. The van der Waals surface area contributed by atoms with Crippen LogP contribution in [0.2, 0.25) is 10.0 Å². The number of likely N-dealkylation sites (N-methyl/N-ethyl adjacent to an activating group) is 1. The van der Waals surface area contributed by atoms with Crippen LogP contribution in [-0.2, 0) is 6.54 Å². The van der Waals surface area contributed by atoms with E-state index in [1.165, 1.54) is 0 Å². The molecule has 0 bridgehead atoms. The largest absolute Gasteiger partial charge is 0.419 e. The quantitative estimate of drug-likeness (QED) is 0.416. The smallest absolute Gasteiger partial charge is 0.239 e. The number of hydrogen-bond acceptors (Lipinski definition) is 8. The van der Waals surface area contributed by atoms with Gasteiger partial charge in [0.1, 0.15) is 5.82 Å². The number of rotatable bonds is 8. The maximum Gasteiger partial charge on any atom is 0.239 e. The second-order valence-electron chi connectivity index (χ2n) is 10.2. The van der Waals surface area contributed by atoms with Crippen LogP contribution in [0.25, 0.3) is 11.3 Å². The van der Waals surface area contributed by atoms with Gasteiger partial charge >= 0.3 is 0 Å². The first-order valence-corrected chi connectivity index (χ1v) is 13.9. The van der Waals surface area contributed by atoms with Gasteiger partial charge in [-0.05, 0) is 75.1 Å². The van der Waals surface area contributed by atoms with Gasteiger partial charge in [0.05, 0.1) is 18.1 Å². The van der Waals surface area contributed by atoms with Gasteiger partial charge in [-0.25, -0.2) is 15.0 Å². The van der Waals surface area contributed by atoms with Crippen molar-refractivity contribution in [1.29, 1.82) is 0 Å². The highest BCUT2D eigenvalue weighted by Crippen LogP contribution is 2.31. The molecule has 0 amide bonds. The highest BCUT2D eigenvalue weighted by atomic mass is 35.5. The van der Waals surface area contributed by atoms with Crippen molar-refractivity contribution in [3.63, 3.8) is 0 Å². The highest BCUT2D eigenvalue weighted by molar-refractivity contribution is 6.35. The summed E-state index contributed by atoms with van der Waals surface area (Å²) in [7, 11) is 2.13. The predicted octanol–water partition coefficient (Wildman–Crippen LogP) is 4.98. The van der Waals surface area contributed by atoms with Gasteiger partial charge in [-0.1, -0.05) is 23.2 Å². The van der Waals surface area contributed by atoms with Crippen molar-refractivity contribution >= 4 is 29.0 Å². The first-order chi connectivity index (χ1) is 18.4. The Labute approximate surface area is 234 Å². The zero-order valence-corrected chi connectivity index (χ0v) is 23.2. The number of aliphatic hydroxyl groups excluding tert-OH is 1. The standard InChI is InChI=1S/C28H34Cl2N6O2/c1-34-7-9-36(10-8-34)26-17-32-28(18-31-26)38-27-13-21(19-35-5-2-20(3-6-35)4-11-37)12-25(33-27)22-14-23(29)16-24(30)15-22/h12-18,20,37H,2-11,19H2,1H3. The number of aromatic nitrogens is 3. The van der Waals surface area contributed by atoms with E-state index < -0.39 is 0 Å². The molecular weight excluding hydrogens is 523 g/mol. The molecule has 1 aromatic carbocycles. The first kappa shape index (κ1) is 27.1. The Balaban J connectivity index is 1.35. The third-order valence-electron chi connectivity index (χ3n) is 7.32. The van der Waals surface area contributed by atoms with Crippen molar-refractivity contribution in [3.05, 3.63) is 58.3 Å². The third-order valence-corrected chi connectivity index (χ3v) is 7.76. The fourth-order valence-corrected chi connectivity index (χ4v) is 5.62. The number of aliphatic hydroxyl groups is 1. The molecule has 1 N–H and O–H groups in total. The molecule has 38 heavy (non-hydrogen) atoms. The zero-order valence-electron chi connectivity index (χ0n) is 21.7. The Hall–Kier alpha value is -2.49. The minimum Gasteiger partial charge on any atom is -0.419 e. The van der Waals surface area contributed by atoms with E-state index in [1.54, 1.807) is 18.5 Å². The molecule has 2 aliphatic rings. The number of anilines is 1. The second-order valence-corrected chi connectivity index (χ2v) is 11.1. The molecule has 0 radical (unpaired) electrons. The third kappa shape index (κ3) is 7.12. The van der Waals surface area contributed by atoms with Crippen LogP contribution >= 0.6 is 23.2 Å². The van der Waals surface area contributed by atoms with Gasteiger partial charge in [-0.15, -0.1) is 0 Å². The van der Waals surface area contributed by atoms with Gasteiger partial charge in [-0.3, -0.25) is 4.90 Å². The van der Waals surface area contributed by atoms with E-state index in [4.69, 9.17) is 32.9 Å². The molecule has 4 heterocycles. The number of piperidine rings is 1. The van der Waals surface area contributed by atoms with E-state index in [9.17, 15) is 5.11 Å². The van der Waals surface area contributed by atoms with Crippen molar-refractivity contribution in [2.24, 2.45) is 5.92 Å². The van der Waals surface area contributed by atoms with Gasteiger partial charge in [0, 0.05) is 61.0 Å². The van der Waals surface area contributed by atoms with E-state index >= 15 is 0 Å². The summed E-state index contributed by atoms with van der Waals surface area (Å²) in [6, 6.07) is 9.45. The topological polar surface area (TPSA) is 77.9 Å². The fourth-order valence-electron chi connectivity index (χ4n) is 5.09. The monoisotopic (exact) mass is 556 g/mol. The lowest BCUT2D eigenvalue weighted by Crippen LogP contribution is -2.44. The van der Waals surface area contributed by atoms with Crippen molar-refractivity contribution in [2.75, 3.05) is 57.8 Å². The average Bonchev–Trinajstić information content (AvgIpc) is 2.90. The van der Waals surface area contributed by atoms with E-state index in [0.717, 1.165) is 87.7 Å². The van der Waals surface area contributed by atoms with Crippen molar-refractivity contribution < 1.29 is 9.84 Å². The molecule has 0 unspecified atom stereocenters. The molecular formula is C28H34Cl2N6O2. The minimum atomic E-state index is 0.264. The van der Waals surface area contributed by atoms with Crippen LogP contribution in [0.5, 0.6) is 11.8 Å². The van der Waals surface area contributed by atoms with Crippen LogP contribution in [-0.4, -0.2) is 82.8 Å². The van der Waals surface area contributed by atoms with E-state index in [2.05, 4.69) is 37.8 Å². The normalized spacial score (nSPS) is 17.6. The van der Waals surface area contributed by atoms with Gasteiger partial charge < -0.3 is 19.6 Å². The Kier molecular flexibility index (Phi) is 8.97. The molecule has 2 aromatic heterocycles. The van der Waals surface area contributed by atoms with E-state index in [-0.39, 0.29) is 6.61 Å². The molecule has 0 aliphatic carbocycles. The Morgan fingerprint density at radius 1 is 0.895 bits per heavy atom. The molecule has 0 spiro atoms. The number of ether oxygens (including phenoxy) is 1. The maximum absolute atomic E-state index is 9.27. The lowest BCUT2D eigenvalue weighted by atomic mass is 9.93. The zero-order chi connectivity index (χ0) is 26.5. The predicted molar refractivity (Wildman–Crippen MR) is 151 cm³/mol.